The van der Waals surface area contributed by atoms with Crippen LogP contribution in [0.15, 0.2) is 179 Å². The molecule has 6 aromatic carbocycles. The fraction of sp³-hybridized carbons (Fsp3) is 0.268. The van der Waals surface area contributed by atoms with Gasteiger partial charge in [0.05, 0.1) is 34.1 Å². The smallest absolute Gasteiger partial charge is 0.368 e. The molecule has 12 heterocycles. The van der Waals surface area contributed by atoms with E-state index < -0.39 is 11.6 Å². The van der Waals surface area contributed by atoms with E-state index >= 15 is 0 Å². The third-order valence-electron chi connectivity index (χ3n) is 20.1. The van der Waals surface area contributed by atoms with Crippen molar-refractivity contribution in [3.63, 3.8) is 0 Å². The van der Waals surface area contributed by atoms with E-state index in [-0.39, 0.29) is 287 Å². The number of nitrogens with zero attached hydrogens (tertiary/aromatic N) is 36. The molecule has 59 heteroatoms. The van der Waals surface area contributed by atoms with Crippen molar-refractivity contribution in [3.8, 4) is 69.4 Å². The predicted molar refractivity (Wildman–Crippen MR) is 474 cm³/mol. The molecule has 19 rings (SSSR count). The Hall–Kier alpha value is -9.86. The van der Waals surface area contributed by atoms with Crippen LogP contribution in [0.25, 0.3) is 34.1 Å². The summed E-state index contributed by atoms with van der Waals surface area (Å²) in [6, 6.07) is 39.6. The summed E-state index contributed by atoms with van der Waals surface area (Å²) in [6.45, 7) is 12.3. The van der Waals surface area contributed by atoms with Gasteiger partial charge in [-0.2, -0.15) is 56.2 Å². The molecular formula is C82H79BrCl2F2N36O12Y6-6. The van der Waals surface area contributed by atoms with E-state index in [1.165, 1.54) is 60.0 Å². The molecule has 0 atom stereocenters. The van der Waals surface area contributed by atoms with E-state index in [1.54, 1.807) is 81.8 Å². The van der Waals surface area contributed by atoms with Gasteiger partial charge in [-0.05, 0) is 202 Å². The van der Waals surface area contributed by atoms with Gasteiger partial charge in [-0.15, -0.1) is 41.1 Å². The fourth-order valence-electron chi connectivity index (χ4n) is 12.9. The second kappa shape index (κ2) is 54.2. The van der Waals surface area contributed by atoms with Gasteiger partial charge in [0, 0.05) is 281 Å². The molecule has 0 bridgehead atoms. The zero-order valence-corrected chi connectivity index (χ0v) is 97.3. The Morgan fingerprint density at radius 3 is 0.979 bits per heavy atom. The summed E-state index contributed by atoms with van der Waals surface area (Å²) in [4.78, 5) is 72.4. The number of rotatable bonds is 26. The fourth-order valence-corrected chi connectivity index (χ4v) is 13.7. The quantitative estimate of drug-likeness (QED) is 0.0709. The first-order chi connectivity index (χ1) is 65.0. The molecule has 6 radical (unpaired) electrons. The van der Waals surface area contributed by atoms with Crippen molar-refractivity contribution in [3.05, 3.63) is 308 Å². The van der Waals surface area contributed by atoms with Crippen molar-refractivity contribution in [2.75, 3.05) is 0 Å². The van der Waals surface area contributed by atoms with Crippen LogP contribution in [-0.2, 0) is 285 Å². The van der Waals surface area contributed by atoms with Gasteiger partial charge in [0.25, 0.3) is 0 Å². The molecule has 0 aliphatic heterocycles. The Morgan fingerprint density at radius 2 is 0.652 bits per heavy atom. The minimum atomic E-state index is -0.628. The van der Waals surface area contributed by atoms with Gasteiger partial charge in [-0.3, -0.25) is 0 Å². The molecule has 1 aliphatic carbocycles. The topological polar surface area (TPSA) is 534 Å². The number of hydrogen-bond acceptors (Lipinski definition) is 30. The number of tetrazole rings is 6. The summed E-state index contributed by atoms with van der Waals surface area (Å²) in [6.07, 6.45) is 4.86. The summed E-state index contributed by atoms with van der Waals surface area (Å²) < 4.78 is 75.2. The maximum atomic E-state index is 13.5. The molecule has 1 fully saturated rings. The molecule has 0 unspecified atom stereocenters. The summed E-state index contributed by atoms with van der Waals surface area (Å²) >= 11 is 15.4. The summed E-state index contributed by atoms with van der Waals surface area (Å²) in [5, 5.41) is 91.0. The van der Waals surface area contributed by atoms with Crippen molar-refractivity contribution in [2.24, 2.45) is 42.3 Å². The largest absolute Gasteiger partial charge is 0.576 e. The molecule has 0 saturated heterocycles. The van der Waals surface area contributed by atoms with Gasteiger partial charge < -0.3 is 89.6 Å². The van der Waals surface area contributed by atoms with Crippen molar-refractivity contribution < 1.29 is 233 Å². The van der Waals surface area contributed by atoms with Crippen LogP contribution in [0.2, 0.25) is 10.2 Å². The monoisotopic (exact) mass is 2480 g/mol. The Morgan fingerprint density at radius 1 is 0.355 bits per heavy atom. The van der Waals surface area contributed by atoms with E-state index in [4.69, 9.17) is 51.6 Å². The van der Waals surface area contributed by atoms with Crippen LogP contribution in [0.5, 0.6) is 35.3 Å². The van der Waals surface area contributed by atoms with Gasteiger partial charge in [-0.1, -0.05) is 116 Å². The Bertz CT molecular complexity index is 7010. The second-order valence-electron chi connectivity index (χ2n) is 29.5. The van der Waals surface area contributed by atoms with Gasteiger partial charge in [-0.25, -0.2) is 37.5 Å². The van der Waals surface area contributed by atoms with E-state index in [9.17, 15) is 37.5 Å². The molecule has 0 amide bonds. The number of aromatic nitrogens is 36. The predicted octanol–water partition coefficient (Wildman–Crippen LogP) is 4.70. The third kappa shape index (κ3) is 29.1. The number of ether oxygens (including phenoxy) is 6. The molecule has 1 saturated carbocycles. The molecule has 48 nitrogen and oxygen atoms in total. The van der Waals surface area contributed by atoms with Crippen molar-refractivity contribution in [1.29, 1.82) is 0 Å². The molecule has 12 aromatic heterocycles. The van der Waals surface area contributed by atoms with Crippen LogP contribution in [0, 0.1) is 46.3 Å². The van der Waals surface area contributed by atoms with Crippen LogP contribution in [-0.4, -0.2) is 149 Å². The minimum absolute atomic E-state index is 0. The molecule has 18 aromatic rings. The van der Waals surface area contributed by atoms with Crippen LogP contribution in [0.3, 0.4) is 0 Å². The van der Waals surface area contributed by atoms with E-state index in [0.29, 0.717) is 74.1 Å². The first-order valence-corrected chi connectivity index (χ1v) is 42.1. The van der Waals surface area contributed by atoms with E-state index in [1.807, 2.05) is 108 Å². The first kappa shape index (κ1) is 116. The van der Waals surface area contributed by atoms with E-state index in [0.717, 1.165) is 127 Å². The third-order valence-corrected chi connectivity index (χ3v) is 21.4. The Balaban J connectivity index is 0.000000205. The summed E-state index contributed by atoms with van der Waals surface area (Å²) in [5.74, 6) is 0.469. The summed E-state index contributed by atoms with van der Waals surface area (Å²) in [7, 11) is 9.21. The first-order valence-electron chi connectivity index (χ1n) is 40.5. The van der Waals surface area contributed by atoms with Gasteiger partial charge >= 0.3 is 34.1 Å². The van der Waals surface area contributed by atoms with Crippen LogP contribution < -0.4 is 93.2 Å². The van der Waals surface area contributed by atoms with Crippen molar-refractivity contribution >= 4 is 39.1 Å². The Kier molecular flexibility index (Phi) is 44.7. The molecular weight excluding hydrogens is 2400 g/mol. The second-order valence-corrected chi connectivity index (χ2v) is 31.1. The zero-order chi connectivity index (χ0) is 95.8. The molecule has 718 valence electrons. The summed E-state index contributed by atoms with van der Waals surface area (Å²) in [5.41, 5.74) is 12.3. The molecule has 0 spiro atoms. The van der Waals surface area contributed by atoms with Crippen LogP contribution >= 0.6 is 39.1 Å². The average molecular weight is 2480 g/mol. The molecule has 1 aliphatic rings. The standard InChI is InChI=1S/C15H14FN6O2.C14H14FN6O2.C14H15N6O2.C13H12BrN6O2.2C13H12ClN6O2.6Y/c1-21-15(23)22(20-19-21)13-4-2-3-10(9-5-6-9)11(13)8-24-14-12(16)7-17-18-14;1-3-9-5-4-6-12(21-14(22)20(2)18-19-21)10(9)8-23-13-11(15)7-16-17-13;1-9-5-4-6-12(20-14(21)19(3)17-18-20)11(9)8-22-13-7-10(2)15-16-13;2*1-8-6-12(16-15-8)22-7-9-10(14)4-3-5-11(9)20-13(21)19(2)17-18-20;1-8-4-3-5-10(20-13(21)19(2)17-18-20)9(8)7-22-12-6-11(14)15-16-12;;;;;;/h2-4,7,9H,5-6,8H2,1H3;4-7H,3,8H2,1-2H3;4-7H,8H2,1-3H3;3*3-6H,7H2,1-2H3;;;;;;/q6*-1;;;;;;. The van der Waals surface area contributed by atoms with Gasteiger partial charge in [0.1, 0.15) is 39.6 Å². The zero-order valence-electron chi connectivity index (χ0n) is 77.2. The normalized spacial score (nSPS) is 11.0. The number of benzene rings is 6. The van der Waals surface area contributed by atoms with Crippen molar-refractivity contribution in [2.45, 2.75) is 106 Å². The van der Waals surface area contributed by atoms with Gasteiger partial charge in [0.15, 0.2) is 35.2 Å². The molecule has 141 heavy (non-hydrogen) atoms. The average Bonchev–Trinajstić information content (AvgIpc) is 1.64. The van der Waals surface area contributed by atoms with E-state index in [2.05, 4.69) is 140 Å². The van der Waals surface area contributed by atoms with Crippen LogP contribution in [0.4, 0.5) is 8.78 Å². The Labute approximate surface area is 966 Å². The SMILES string of the molecule is CCc1cccc(-n2nnn(C)c2=O)c1COc1n[n-]cc1F.Cc1cc(OCc2c(Br)cccc2-n2nnn(C)c2=O)n[n-]1.Cc1cc(OCc2c(C)cccc2-n2nnn(C)c2=O)n[n-]1.Cc1cc(OCc2c(Cl)cccc2-n2nnn(C)c2=O)n[n-]1.Cc1cccc(-n2nnn(C)c2=O)c1COc1cc(Cl)[n-]n1.Cn1nnn(-c2cccc(C3CC3)c2COc2n[n-]cc2F)c1=O.[Y].[Y].[Y].[Y].[Y].[Y]. The number of halogens is 5. The maximum absolute atomic E-state index is 13.5. The number of hydrogen-bond donors (Lipinski definition) is 0. The van der Waals surface area contributed by atoms with Gasteiger partial charge in [0.2, 0.25) is 11.8 Å². The number of aryl methyl sites for hydroxylation is 12. The minimum Gasteiger partial charge on any atom is -0.576 e. The van der Waals surface area contributed by atoms with Crippen molar-refractivity contribution in [1.82, 2.24) is 180 Å². The van der Waals surface area contributed by atoms with Crippen LogP contribution in [0.1, 0.15) is 98.4 Å². The molecule has 0 N–H and O–H groups in total. The maximum Gasteiger partial charge on any atom is 0.368 e.